The molecule has 0 aliphatic rings. The zero-order valence-electron chi connectivity index (χ0n) is 64.5. The van der Waals surface area contributed by atoms with Crippen LogP contribution in [0.5, 0.6) is 0 Å². The van der Waals surface area contributed by atoms with Crippen LogP contribution in [0.1, 0.15) is 515 Å². The second kappa shape index (κ2) is 84.0. The van der Waals surface area contributed by atoms with Crippen molar-refractivity contribution in [1.29, 1.82) is 0 Å². The van der Waals surface area contributed by atoms with Gasteiger partial charge in [-0.05, 0) is 51.4 Å². The largest absolute Gasteiger partial charge is 0.466 e. The number of aliphatic hydroxyl groups excluding tert-OH is 2. The molecular formula is C88H173NO5. The summed E-state index contributed by atoms with van der Waals surface area (Å²) in [4.78, 5) is 24.7. The van der Waals surface area contributed by atoms with Crippen molar-refractivity contribution in [3.05, 3.63) is 12.2 Å². The summed E-state index contributed by atoms with van der Waals surface area (Å²) in [7, 11) is 0. The first kappa shape index (κ1) is 92.6. The van der Waals surface area contributed by atoms with Crippen molar-refractivity contribution in [3.8, 4) is 0 Å². The van der Waals surface area contributed by atoms with Crippen molar-refractivity contribution in [3.63, 3.8) is 0 Å². The van der Waals surface area contributed by atoms with Gasteiger partial charge in [-0.15, -0.1) is 0 Å². The van der Waals surface area contributed by atoms with Gasteiger partial charge in [-0.2, -0.15) is 0 Å². The van der Waals surface area contributed by atoms with Crippen LogP contribution in [0.4, 0.5) is 0 Å². The molecule has 0 saturated heterocycles. The lowest BCUT2D eigenvalue weighted by Crippen LogP contribution is -2.45. The van der Waals surface area contributed by atoms with E-state index in [0.29, 0.717) is 25.9 Å². The molecule has 0 radical (unpaired) electrons. The van der Waals surface area contributed by atoms with Crippen LogP contribution in [0.25, 0.3) is 0 Å². The maximum Gasteiger partial charge on any atom is 0.305 e. The zero-order valence-corrected chi connectivity index (χ0v) is 64.5. The van der Waals surface area contributed by atoms with Crippen LogP contribution in [-0.4, -0.2) is 47.4 Å². The number of carbonyl (C=O) groups is 2. The Hall–Kier alpha value is -1.40. The standard InChI is InChI=1S/C88H173NO5/c1-3-5-7-9-11-13-15-17-19-21-23-41-45-48-52-56-60-64-68-72-76-80-86(91)85(84-90)89-87(92)81-77-73-69-65-61-57-53-49-46-42-39-37-35-33-31-29-27-25-24-26-28-30-32-34-36-38-40-43-47-51-55-59-63-67-71-75-79-83-94-88(93)82-78-74-70-66-62-58-54-50-44-22-20-18-16-14-12-10-8-6-4-2/h24,26,85-86,90-91H,3-23,25,27-84H2,1-2H3,(H,89,92)/b26-24-. The van der Waals surface area contributed by atoms with E-state index in [1.807, 2.05) is 0 Å². The van der Waals surface area contributed by atoms with E-state index in [9.17, 15) is 19.8 Å². The first-order valence-electron chi connectivity index (χ1n) is 43.9. The number of aliphatic hydroxyl groups is 2. The predicted molar refractivity (Wildman–Crippen MR) is 417 cm³/mol. The minimum absolute atomic E-state index is 0.0248. The molecule has 0 fully saturated rings. The maximum absolute atomic E-state index is 12.6. The molecule has 6 heteroatoms. The van der Waals surface area contributed by atoms with Crippen LogP contribution >= 0.6 is 0 Å². The molecule has 0 rings (SSSR count). The molecule has 0 aromatic rings. The number of allylic oxidation sites excluding steroid dienone is 2. The van der Waals surface area contributed by atoms with Crippen LogP contribution in [-0.2, 0) is 14.3 Å². The topological polar surface area (TPSA) is 95.9 Å². The third-order valence-corrected chi connectivity index (χ3v) is 21.1. The highest BCUT2D eigenvalue weighted by Gasteiger charge is 2.20. The fourth-order valence-corrected chi connectivity index (χ4v) is 14.4. The molecule has 0 heterocycles. The van der Waals surface area contributed by atoms with E-state index in [1.165, 1.54) is 443 Å². The molecule has 0 aliphatic heterocycles. The molecule has 0 saturated carbocycles. The number of esters is 1. The number of ether oxygens (including phenoxy) is 1. The summed E-state index contributed by atoms with van der Waals surface area (Å²) < 4.78 is 5.53. The number of nitrogens with one attached hydrogen (secondary N) is 1. The fraction of sp³-hybridized carbons (Fsp3) is 0.955. The smallest absolute Gasteiger partial charge is 0.305 e. The second-order valence-corrected chi connectivity index (χ2v) is 30.6. The van der Waals surface area contributed by atoms with Crippen molar-refractivity contribution in [2.75, 3.05) is 13.2 Å². The number of carbonyl (C=O) groups excluding carboxylic acids is 2. The second-order valence-electron chi connectivity index (χ2n) is 30.6. The Morgan fingerprint density at radius 3 is 0.755 bits per heavy atom. The van der Waals surface area contributed by atoms with Crippen LogP contribution < -0.4 is 5.32 Å². The molecule has 6 nitrogen and oxygen atoms in total. The summed E-state index contributed by atoms with van der Waals surface area (Å²) in [6, 6.07) is -0.539. The van der Waals surface area contributed by atoms with E-state index in [4.69, 9.17) is 4.74 Å². The molecular weight excluding hydrogens is 1150 g/mol. The number of hydrogen-bond donors (Lipinski definition) is 3. The van der Waals surface area contributed by atoms with Gasteiger partial charge in [0.1, 0.15) is 0 Å². The van der Waals surface area contributed by atoms with Gasteiger partial charge < -0.3 is 20.3 Å². The van der Waals surface area contributed by atoms with Gasteiger partial charge >= 0.3 is 5.97 Å². The average Bonchev–Trinajstić information content (AvgIpc) is 3.64. The van der Waals surface area contributed by atoms with Crippen molar-refractivity contribution in [2.45, 2.75) is 527 Å². The van der Waals surface area contributed by atoms with Crippen molar-refractivity contribution >= 4 is 11.9 Å². The van der Waals surface area contributed by atoms with Gasteiger partial charge in [0.05, 0.1) is 25.4 Å². The summed E-state index contributed by atoms with van der Waals surface area (Å²) in [6.07, 6.45) is 108. The molecule has 560 valence electrons. The SMILES string of the molecule is CCCCCCCCCCCCCCCCCCCCCCCC(O)C(CO)NC(=O)CCCCCCCCCCCCCCCCCCC/C=C\CCCCCCCCCCCCCCCCCCOC(=O)CCCCCCCCCCCCCCCCCCCCC. The Kier molecular flexibility index (Phi) is 82.8. The highest BCUT2D eigenvalue weighted by atomic mass is 16.5. The minimum atomic E-state index is -0.662. The molecule has 2 unspecified atom stereocenters. The van der Waals surface area contributed by atoms with E-state index < -0.39 is 12.1 Å². The summed E-state index contributed by atoms with van der Waals surface area (Å²) >= 11 is 0. The highest BCUT2D eigenvalue weighted by molar-refractivity contribution is 5.76. The van der Waals surface area contributed by atoms with Gasteiger partial charge in [-0.3, -0.25) is 9.59 Å². The molecule has 2 atom stereocenters. The Morgan fingerprint density at radius 1 is 0.287 bits per heavy atom. The Balaban J connectivity index is 3.31. The number of hydrogen-bond acceptors (Lipinski definition) is 5. The predicted octanol–water partition coefficient (Wildman–Crippen LogP) is 29.4. The summed E-state index contributed by atoms with van der Waals surface area (Å²) in [6.45, 7) is 5.03. The highest BCUT2D eigenvalue weighted by Crippen LogP contribution is 2.21. The normalized spacial score (nSPS) is 12.4. The van der Waals surface area contributed by atoms with Crippen LogP contribution in [0.2, 0.25) is 0 Å². The van der Waals surface area contributed by atoms with Crippen LogP contribution in [0.15, 0.2) is 12.2 Å². The summed E-state index contributed by atoms with van der Waals surface area (Å²) in [5, 5.41) is 23.5. The number of amides is 1. The average molecular weight is 1330 g/mol. The lowest BCUT2D eigenvalue weighted by atomic mass is 10.0. The monoisotopic (exact) mass is 1320 g/mol. The van der Waals surface area contributed by atoms with Gasteiger partial charge in [-0.25, -0.2) is 0 Å². The molecule has 3 N–H and O–H groups in total. The minimum Gasteiger partial charge on any atom is -0.466 e. The molecule has 94 heavy (non-hydrogen) atoms. The molecule has 0 aromatic heterocycles. The van der Waals surface area contributed by atoms with Gasteiger partial charge in [0.25, 0.3) is 0 Å². The van der Waals surface area contributed by atoms with E-state index in [2.05, 4.69) is 31.3 Å². The first-order valence-corrected chi connectivity index (χ1v) is 43.9. The van der Waals surface area contributed by atoms with Crippen molar-refractivity contribution in [1.82, 2.24) is 5.32 Å². The number of rotatable bonds is 84. The van der Waals surface area contributed by atoms with E-state index in [0.717, 1.165) is 38.5 Å². The van der Waals surface area contributed by atoms with E-state index in [-0.39, 0.29) is 18.5 Å². The van der Waals surface area contributed by atoms with E-state index >= 15 is 0 Å². The first-order chi connectivity index (χ1) is 46.5. The summed E-state index contributed by atoms with van der Waals surface area (Å²) in [5.41, 5.74) is 0. The Morgan fingerprint density at radius 2 is 0.500 bits per heavy atom. The van der Waals surface area contributed by atoms with Crippen molar-refractivity contribution in [2.24, 2.45) is 0 Å². The molecule has 0 spiro atoms. The van der Waals surface area contributed by atoms with Gasteiger partial charge in [0.2, 0.25) is 5.91 Å². The third kappa shape index (κ3) is 79.6. The lowest BCUT2D eigenvalue weighted by molar-refractivity contribution is -0.143. The van der Waals surface area contributed by atoms with Gasteiger partial charge in [0, 0.05) is 12.8 Å². The van der Waals surface area contributed by atoms with Crippen LogP contribution in [0.3, 0.4) is 0 Å². The maximum atomic E-state index is 12.6. The zero-order chi connectivity index (χ0) is 67.7. The quantitative estimate of drug-likeness (QED) is 0.0320. The Bertz CT molecular complexity index is 1430. The fourth-order valence-electron chi connectivity index (χ4n) is 14.4. The summed E-state index contributed by atoms with van der Waals surface area (Å²) in [5.74, 6) is 0.00296. The molecule has 0 bridgehead atoms. The van der Waals surface area contributed by atoms with Gasteiger partial charge in [0.15, 0.2) is 0 Å². The Labute approximate surface area is 590 Å². The molecule has 0 aliphatic carbocycles. The van der Waals surface area contributed by atoms with Crippen LogP contribution in [0, 0.1) is 0 Å². The molecule has 0 aromatic carbocycles. The number of unbranched alkanes of at least 4 members (excludes halogenated alkanes) is 71. The molecule has 1 amide bonds. The van der Waals surface area contributed by atoms with Crippen molar-refractivity contribution < 1.29 is 24.5 Å². The third-order valence-electron chi connectivity index (χ3n) is 21.1. The lowest BCUT2D eigenvalue weighted by Gasteiger charge is -2.22. The van der Waals surface area contributed by atoms with Gasteiger partial charge in [-0.1, -0.05) is 463 Å². The van der Waals surface area contributed by atoms with E-state index in [1.54, 1.807) is 0 Å².